The second kappa shape index (κ2) is 8.64. The number of carbonyl (C=O) groups is 3. The van der Waals surface area contributed by atoms with Crippen LogP contribution in [0.2, 0.25) is 0 Å². The molecule has 0 atom stereocenters. The number of carbonyl (C=O) groups excluding carboxylic acids is 3. The summed E-state index contributed by atoms with van der Waals surface area (Å²) in [7, 11) is 0. The molecule has 0 aromatic carbocycles. The lowest BCUT2D eigenvalue weighted by atomic mass is 9.82. The Morgan fingerprint density at radius 1 is 1.10 bits per heavy atom. The van der Waals surface area contributed by atoms with Crippen molar-refractivity contribution in [3.05, 3.63) is 0 Å². The quantitative estimate of drug-likeness (QED) is 0.295. The van der Waals surface area contributed by atoms with E-state index in [0.29, 0.717) is 0 Å². The Labute approximate surface area is 125 Å². The number of ether oxygens (including phenoxy) is 3. The maximum absolute atomic E-state index is 12.3. The van der Waals surface area contributed by atoms with Gasteiger partial charge < -0.3 is 14.2 Å². The van der Waals surface area contributed by atoms with E-state index in [2.05, 4.69) is 0 Å². The van der Waals surface area contributed by atoms with Gasteiger partial charge in [-0.05, 0) is 19.3 Å². The normalized spacial score (nSPS) is 17.0. The summed E-state index contributed by atoms with van der Waals surface area (Å²) in [4.78, 5) is 35.7. The Balaban J connectivity index is 2.72. The van der Waals surface area contributed by atoms with Crippen molar-refractivity contribution in [2.75, 3.05) is 19.8 Å². The third-order valence-corrected chi connectivity index (χ3v) is 3.48. The number of esters is 3. The lowest BCUT2D eigenvalue weighted by Gasteiger charge is -2.31. The number of unbranched alkanes of at least 4 members (excludes halogenated alkanes) is 2. The largest absolute Gasteiger partial charge is 0.465 e. The molecular formula is C15H24O6. The van der Waals surface area contributed by atoms with Crippen LogP contribution in [0.1, 0.15) is 52.4 Å². The number of hydrogen-bond acceptors (Lipinski definition) is 6. The number of rotatable bonds is 8. The third-order valence-electron chi connectivity index (χ3n) is 3.48. The van der Waals surface area contributed by atoms with Crippen molar-refractivity contribution in [3.8, 4) is 0 Å². The first-order valence-corrected chi connectivity index (χ1v) is 7.57. The van der Waals surface area contributed by atoms with Crippen LogP contribution in [0.4, 0.5) is 0 Å². The van der Waals surface area contributed by atoms with Crippen LogP contribution in [0, 0.1) is 5.41 Å². The lowest BCUT2D eigenvalue weighted by Crippen LogP contribution is -2.49. The summed E-state index contributed by atoms with van der Waals surface area (Å²) in [6, 6.07) is 0. The minimum absolute atomic E-state index is 0.0196. The predicted octanol–water partition coefficient (Wildman–Crippen LogP) is 2.00. The van der Waals surface area contributed by atoms with Gasteiger partial charge in [0, 0.05) is 6.42 Å². The molecule has 0 aromatic rings. The maximum Gasteiger partial charge on any atom is 0.327 e. The van der Waals surface area contributed by atoms with Gasteiger partial charge in [0.25, 0.3) is 0 Å². The van der Waals surface area contributed by atoms with E-state index in [1.165, 1.54) is 0 Å². The highest BCUT2D eigenvalue weighted by Gasteiger charge is 2.52. The molecule has 1 rings (SSSR count). The molecule has 0 radical (unpaired) electrons. The van der Waals surface area contributed by atoms with Gasteiger partial charge in [0.1, 0.15) is 6.61 Å². The average molecular weight is 300 g/mol. The second-order valence-electron chi connectivity index (χ2n) is 5.22. The van der Waals surface area contributed by atoms with Crippen molar-refractivity contribution in [1.29, 1.82) is 0 Å². The molecule has 1 saturated heterocycles. The van der Waals surface area contributed by atoms with Crippen LogP contribution in [0.3, 0.4) is 0 Å². The van der Waals surface area contributed by atoms with Gasteiger partial charge in [0.15, 0.2) is 5.41 Å². The van der Waals surface area contributed by atoms with E-state index >= 15 is 0 Å². The van der Waals surface area contributed by atoms with E-state index < -0.39 is 23.3 Å². The fourth-order valence-electron chi connectivity index (χ4n) is 1.96. The van der Waals surface area contributed by atoms with Gasteiger partial charge in [-0.25, -0.2) is 0 Å². The standard InChI is InChI=1S/C15H24O6/c1-3-5-9-19-13(17)15(8-7-12(16)21-11-15)14(18)20-10-6-4-2/h3-11H2,1-2H3. The summed E-state index contributed by atoms with van der Waals surface area (Å²) in [5.74, 6) is -1.71. The van der Waals surface area contributed by atoms with E-state index in [4.69, 9.17) is 14.2 Å². The molecule has 0 spiro atoms. The molecular weight excluding hydrogens is 276 g/mol. The van der Waals surface area contributed by atoms with Crippen molar-refractivity contribution in [3.63, 3.8) is 0 Å². The van der Waals surface area contributed by atoms with Crippen molar-refractivity contribution in [2.45, 2.75) is 52.4 Å². The van der Waals surface area contributed by atoms with Gasteiger partial charge >= 0.3 is 17.9 Å². The Bertz CT molecular complexity index is 342. The van der Waals surface area contributed by atoms with Crippen LogP contribution >= 0.6 is 0 Å². The van der Waals surface area contributed by atoms with E-state index in [1.807, 2.05) is 13.8 Å². The van der Waals surface area contributed by atoms with Gasteiger partial charge in [0.05, 0.1) is 13.2 Å². The molecule has 120 valence electrons. The van der Waals surface area contributed by atoms with E-state index in [9.17, 15) is 14.4 Å². The topological polar surface area (TPSA) is 78.9 Å². The van der Waals surface area contributed by atoms with E-state index in [0.717, 1.165) is 25.7 Å². The predicted molar refractivity (Wildman–Crippen MR) is 74.4 cm³/mol. The Hall–Kier alpha value is -1.59. The zero-order valence-electron chi connectivity index (χ0n) is 12.8. The van der Waals surface area contributed by atoms with E-state index in [-0.39, 0.29) is 32.7 Å². The Kier molecular flexibility index (Phi) is 7.19. The minimum Gasteiger partial charge on any atom is -0.465 e. The summed E-state index contributed by atoms with van der Waals surface area (Å²) in [6.45, 7) is 4.18. The average Bonchev–Trinajstić information content (AvgIpc) is 2.48. The highest BCUT2D eigenvalue weighted by Crippen LogP contribution is 2.32. The molecule has 6 nitrogen and oxygen atoms in total. The van der Waals surface area contributed by atoms with Crippen molar-refractivity contribution < 1.29 is 28.6 Å². The Morgan fingerprint density at radius 3 is 2.00 bits per heavy atom. The fourth-order valence-corrected chi connectivity index (χ4v) is 1.96. The van der Waals surface area contributed by atoms with Crippen LogP contribution < -0.4 is 0 Å². The second-order valence-corrected chi connectivity index (χ2v) is 5.22. The van der Waals surface area contributed by atoms with E-state index in [1.54, 1.807) is 0 Å². The smallest absolute Gasteiger partial charge is 0.327 e. The van der Waals surface area contributed by atoms with Gasteiger partial charge in [-0.3, -0.25) is 14.4 Å². The summed E-state index contributed by atoms with van der Waals surface area (Å²) >= 11 is 0. The molecule has 0 bridgehead atoms. The van der Waals surface area contributed by atoms with Crippen LogP contribution in [0.25, 0.3) is 0 Å². The SMILES string of the molecule is CCCCOC(=O)C1(C(=O)OCCCC)CCC(=O)OC1. The monoisotopic (exact) mass is 300 g/mol. The summed E-state index contributed by atoms with van der Waals surface area (Å²) < 4.78 is 15.2. The van der Waals surface area contributed by atoms with Gasteiger partial charge in [-0.1, -0.05) is 26.7 Å². The van der Waals surface area contributed by atoms with Crippen LogP contribution in [0.15, 0.2) is 0 Å². The molecule has 0 aromatic heterocycles. The molecule has 1 heterocycles. The van der Waals surface area contributed by atoms with Crippen molar-refractivity contribution in [1.82, 2.24) is 0 Å². The van der Waals surface area contributed by atoms with Gasteiger partial charge in [0.2, 0.25) is 0 Å². The molecule has 0 aliphatic carbocycles. The zero-order chi connectivity index (χ0) is 15.7. The van der Waals surface area contributed by atoms with Crippen molar-refractivity contribution >= 4 is 17.9 Å². The lowest BCUT2D eigenvalue weighted by molar-refractivity contribution is -0.185. The molecule has 0 amide bonds. The molecule has 1 aliphatic heterocycles. The zero-order valence-corrected chi connectivity index (χ0v) is 12.8. The molecule has 1 aliphatic rings. The number of cyclic esters (lactones) is 1. The van der Waals surface area contributed by atoms with Gasteiger partial charge in [-0.15, -0.1) is 0 Å². The molecule has 0 N–H and O–H groups in total. The highest BCUT2D eigenvalue weighted by atomic mass is 16.6. The van der Waals surface area contributed by atoms with Crippen molar-refractivity contribution in [2.24, 2.45) is 5.41 Å². The first-order chi connectivity index (χ1) is 10.1. The fraction of sp³-hybridized carbons (Fsp3) is 0.800. The minimum atomic E-state index is -1.49. The first kappa shape index (κ1) is 17.5. The maximum atomic E-state index is 12.3. The molecule has 0 unspecified atom stereocenters. The molecule has 1 fully saturated rings. The summed E-state index contributed by atoms with van der Waals surface area (Å²) in [5, 5.41) is 0. The number of hydrogen-bond donors (Lipinski definition) is 0. The van der Waals surface area contributed by atoms with Crippen LogP contribution in [0.5, 0.6) is 0 Å². The van der Waals surface area contributed by atoms with Crippen LogP contribution in [-0.2, 0) is 28.6 Å². The third kappa shape index (κ3) is 4.72. The summed E-state index contributed by atoms with van der Waals surface area (Å²) in [5.41, 5.74) is -1.49. The molecule has 21 heavy (non-hydrogen) atoms. The molecule has 0 saturated carbocycles. The summed E-state index contributed by atoms with van der Waals surface area (Å²) in [6.07, 6.45) is 3.33. The molecule has 6 heteroatoms. The van der Waals surface area contributed by atoms with Crippen LogP contribution in [-0.4, -0.2) is 37.7 Å². The Morgan fingerprint density at radius 2 is 1.62 bits per heavy atom. The first-order valence-electron chi connectivity index (χ1n) is 7.57. The highest BCUT2D eigenvalue weighted by molar-refractivity contribution is 6.01. The van der Waals surface area contributed by atoms with Gasteiger partial charge in [-0.2, -0.15) is 0 Å².